The fourth-order valence-electron chi connectivity index (χ4n) is 2.21. The maximum Gasteiger partial charge on any atom is 0.243 e. The molecule has 1 saturated heterocycles. The van der Waals surface area contributed by atoms with E-state index in [4.69, 9.17) is 0 Å². The van der Waals surface area contributed by atoms with Crippen molar-refractivity contribution in [1.82, 2.24) is 9.29 Å². The predicted octanol–water partition coefficient (Wildman–Crippen LogP) is 0.753. The molecule has 0 bridgehead atoms. The molecule has 0 spiro atoms. The van der Waals surface area contributed by atoms with Crippen LogP contribution in [0.3, 0.4) is 0 Å². The molecule has 1 N–H and O–H groups in total. The Balaban J connectivity index is 2.12. The summed E-state index contributed by atoms with van der Waals surface area (Å²) in [5.41, 5.74) is 0.983. The highest BCUT2D eigenvalue weighted by Crippen LogP contribution is 2.21. The molecule has 1 amide bonds. The number of anilines is 1. The Morgan fingerprint density at radius 1 is 1.53 bits per heavy atom. The molecule has 0 aromatic carbocycles. The van der Waals surface area contributed by atoms with Gasteiger partial charge in [0.1, 0.15) is 11.9 Å². The van der Waals surface area contributed by atoms with Crippen LogP contribution in [0.25, 0.3) is 0 Å². The summed E-state index contributed by atoms with van der Waals surface area (Å²) in [6.45, 7) is 2.30. The van der Waals surface area contributed by atoms with Gasteiger partial charge in [0.05, 0.1) is 6.26 Å². The molecule has 0 unspecified atom stereocenters. The fraction of sp³-hybridized carbons (Fsp3) is 0.500. The first-order chi connectivity index (χ1) is 8.88. The summed E-state index contributed by atoms with van der Waals surface area (Å²) in [5, 5.41) is 2.67. The van der Waals surface area contributed by atoms with Gasteiger partial charge in [-0.2, -0.15) is 4.31 Å². The van der Waals surface area contributed by atoms with Crippen molar-refractivity contribution in [3.63, 3.8) is 0 Å². The number of nitrogens with zero attached hydrogens (tertiary/aromatic N) is 2. The number of aromatic nitrogens is 1. The second-order valence-corrected chi connectivity index (χ2v) is 6.67. The number of hydrogen-bond donors (Lipinski definition) is 1. The zero-order chi connectivity index (χ0) is 14.0. The second kappa shape index (κ2) is 5.26. The minimum Gasteiger partial charge on any atom is -0.309 e. The zero-order valence-electron chi connectivity index (χ0n) is 11.0. The molecule has 7 heteroatoms. The molecule has 104 valence electrons. The monoisotopic (exact) mass is 283 g/mol. The van der Waals surface area contributed by atoms with Crippen LogP contribution in [0.15, 0.2) is 18.3 Å². The Morgan fingerprint density at radius 3 is 2.89 bits per heavy atom. The molecule has 6 nitrogen and oxygen atoms in total. The highest BCUT2D eigenvalue weighted by molar-refractivity contribution is 7.88. The molecular formula is C12H17N3O3S. The van der Waals surface area contributed by atoms with Crippen LogP contribution in [-0.2, 0) is 14.8 Å². The van der Waals surface area contributed by atoms with E-state index in [0.717, 1.165) is 11.8 Å². The molecule has 1 atom stereocenters. The van der Waals surface area contributed by atoms with E-state index in [9.17, 15) is 13.2 Å². The molecule has 1 aromatic rings. The summed E-state index contributed by atoms with van der Waals surface area (Å²) in [6, 6.07) is 2.95. The average Bonchev–Trinajstić information content (AvgIpc) is 2.77. The molecule has 0 saturated carbocycles. The van der Waals surface area contributed by atoms with Crippen molar-refractivity contribution in [2.24, 2.45) is 0 Å². The van der Waals surface area contributed by atoms with E-state index >= 15 is 0 Å². The van der Waals surface area contributed by atoms with Crippen molar-refractivity contribution in [1.29, 1.82) is 0 Å². The summed E-state index contributed by atoms with van der Waals surface area (Å²) in [4.78, 5) is 16.2. The van der Waals surface area contributed by atoms with Crippen molar-refractivity contribution in [3.05, 3.63) is 23.9 Å². The number of nitrogens with one attached hydrogen (secondary N) is 1. The van der Waals surface area contributed by atoms with E-state index in [2.05, 4.69) is 10.3 Å². The molecule has 19 heavy (non-hydrogen) atoms. The van der Waals surface area contributed by atoms with Gasteiger partial charge in [-0.15, -0.1) is 0 Å². The van der Waals surface area contributed by atoms with Gasteiger partial charge in [0.2, 0.25) is 15.9 Å². The van der Waals surface area contributed by atoms with Crippen molar-refractivity contribution in [3.8, 4) is 0 Å². The lowest BCUT2D eigenvalue weighted by Gasteiger charge is -2.21. The number of pyridine rings is 1. The van der Waals surface area contributed by atoms with Gasteiger partial charge in [0.15, 0.2) is 0 Å². The van der Waals surface area contributed by atoms with E-state index in [1.54, 1.807) is 12.3 Å². The van der Waals surface area contributed by atoms with Gasteiger partial charge in [0, 0.05) is 12.7 Å². The number of hydrogen-bond acceptors (Lipinski definition) is 4. The van der Waals surface area contributed by atoms with Crippen LogP contribution >= 0.6 is 0 Å². The minimum absolute atomic E-state index is 0.318. The maximum atomic E-state index is 12.1. The third-order valence-corrected chi connectivity index (χ3v) is 4.39. The summed E-state index contributed by atoms with van der Waals surface area (Å²) in [7, 11) is -3.35. The van der Waals surface area contributed by atoms with E-state index in [1.165, 1.54) is 4.31 Å². The SMILES string of the molecule is Cc1ccnc(NC(=O)[C@@H]2CCCN2S(C)(=O)=O)c1. The standard InChI is InChI=1S/C12H17N3O3S/c1-9-5-6-13-11(8-9)14-12(16)10-4-3-7-15(10)19(2,17)18/h5-6,8,10H,3-4,7H2,1-2H3,(H,13,14,16)/t10-/m0/s1. The van der Waals surface area contributed by atoms with Gasteiger partial charge in [-0.25, -0.2) is 13.4 Å². The first kappa shape index (κ1) is 14.0. The average molecular weight is 283 g/mol. The number of amides is 1. The molecule has 2 heterocycles. The largest absolute Gasteiger partial charge is 0.309 e. The molecule has 0 radical (unpaired) electrons. The topological polar surface area (TPSA) is 79.4 Å². The van der Waals surface area contributed by atoms with Crippen LogP contribution < -0.4 is 5.32 Å². The van der Waals surface area contributed by atoms with Crippen molar-refractivity contribution in [2.45, 2.75) is 25.8 Å². The Morgan fingerprint density at radius 2 is 2.26 bits per heavy atom. The van der Waals surface area contributed by atoms with E-state index < -0.39 is 16.1 Å². The summed E-state index contributed by atoms with van der Waals surface area (Å²) in [6.07, 6.45) is 3.98. The third-order valence-electron chi connectivity index (χ3n) is 3.10. The predicted molar refractivity (Wildman–Crippen MR) is 72.2 cm³/mol. The number of carbonyl (C=O) groups excluding carboxylic acids is 1. The summed E-state index contributed by atoms with van der Waals surface area (Å²) in [5.74, 6) is 0.131. The summed E-state index contributed by atoms with van der Waals surface area (Å²) < 4.78 is 24.4. The Kier molecular flexibility index (Phi) is 3.86. The van der Waals surface area contributed by atoms with Gasteiger partial charge >= 0.3 is 0 Å². The molecule has 0 aliphatic carbocycles. The van der Waals surface area contributed by atoms with Crippen LogP contribution in [0.4, 0.5) is 5.82 Å². The number of rotatable bonds is 3. The van der Waals surface area contributed by atoms with Gasteiger partial charge in [-0.05, 0) is 37.5 Å². The van der Waals surface area contributed by atoms with Crippen LogP contribution in [0.5, 0.6) is 0 Å². The normalized spacial score (nSPS) is 20.4. The minimum atomic E-state index is -3.35. The fourth-order valence-corrected chi connectivity index (χ4v) is 3.34. The van der Waals surface area contributed by atoms with Crippen molar-refractivity contribution >= 4 is 21.7 Å². The van der Waals surface area contributed by atoms with Crippen molar-refractivity contribution in [2.75, 3.05) is 18.1 Å². The van der Waals surface area contributed by atoms with Crippen LogP contribution in [-0.4, -0.2) is 42.5 Å². The van der Waals surface area contributed by atoms with E-state index in [-0.39, 0.29) is 5.91 Å². The van der Waals surface area contributed by atoms with Crippen LogP contribution in [0.1, 0.15) is 18.4 Å². The summed E-state index contributed by atoms with van der Waals surface area (Å²) >= 11 is 0. The van der Waals surface area contributed by atoms with E-state index in [1.807, 2.05) is 13.0 Å². The first-order valence-corrected chi connectivity index (χ1v) is 7.93. The third kappa shape index (κ3) is 3.30. The molecule has 1 aliphatic rings. The van der Waals surface area contributed by atoms with Crippen LogP contribution in [0.2, 0.25) is 0 Å². The van der Waals surface area contributed by atoms with Gasteiger partial charge < -0.3 is 5.32 Å². The van der Waals surface area contributed by atoms with E-state index in [0.29, 0.717) is 25.2 Å². The molecular weight excluding hydrogens is 266 g/mol. The molecule has 1 aliphatic heterocycles. The lowest BCUT2D eigenvalue weighted by Crippen LogP contribution is -2.42. The van der Waals surface area contributed by atoms with Crippen LogP contribution in [0, 0.1) is 6.92 Å². The van der Waals surface area contributed by atoms with Gasteiger partial charge in [-0.3, -0.25) is 4.79 Å². The number of sulfonamides is 1. The molecule has 1 fully saturated rings. The molecule has 1 aromatic heterocycles. The Bertz CT molecular complexity index is 586. The maximum absolute atomic E-state index is 12.1. The highest BCUT2D eigenvalue weighted by Gasteiger charge is 2.36. The smallest absolute Gasteiger partial charge is 0.243 e. The Labute approximate surface area is 112 Å². The number of carbonyl (C=O) groups is 1. The second-order valence-electron chi connectivity index (χ2n) is 4.74. The highest BCUT2D eigenvalue weighted by atomic mass is 32.2. The zero-order valence-corrected chi connectivity index (χ0v) is 11.8. The lowest BCUT2D eigenvalue weighted by molar-refractivity contribution is -0.119. The Hall–Kier alpha value is -1.47. The molecule has 2 rings (SSSR count). The first-order valence-electron chi connectivity index (χ1n) is 6.08. The number of aryl methyl sites for hydroxylation is 1. The van der Waals surface area contributed by atoms with Crippen molar-refractivity contribution < 1.29 is 13.2 Å². The quantitative estimate of drug-likeness (QED) is 0.888. The van der Waals surface area contributed by atoms with Gasteiger partial charge in [0.25, 0.3) is 0 Å². The lowest BCUT2D eigenvalue weighted by atomic mass is 10.2. The van der Waals surface area contributed by atoms with Gasteiger partial charge in [-0.1, -0.05) is 0 Å².